The van der Waals surface area contributed by atoms with Gasteiger partial charge in [0.05, 0.1) is 4.47 Å². The molecule has 0 radical (unpaired) electrons. The van der Waals surface area contributed by atoms with Gasteiger partial charge in [-0.05, 0) is 47.6 Å². The van der Waals surface area contributed by atoms with Crippen molar-refractivity contribution in [3.05, 3.63) is 28.3 Å². The van der Waals surface area contributed by atoms with Gasteiger partial charge in [0.2, 0.25) is 0 Å². The zero-order valence-electron chi connectivity index (χ0n) is 9.81. The normalized spacial score (nSPS) is 10.4. The second-order valence-corrected chi connectivity index (χ2v) is 5.27. The summed E-state index contributed by atoms with van der Waals surface area (Å²) in [7, 11) is 0. The number of hydrogen-bond donors (Lipinski definition) is 2. The van der Waals surface area contributed by atoms with Crippen LogP contribution in [0.15, 0.2) is 27.0 Å². The van der Waals surface area contributed by atoms with Gasteiger partial charge in [-0.3, -0.25) is 0 Å². The van der Waals surface area contributed by atoms with Crippen LogP contribution in [0.1, 0.15) is 11.4 Å². The van der Waals surface area contributed by atoms with Crippen LogP contribution < -0.4 is 11.3 Å². The highest BCUT2D eigenvalue weighted by Gasteiger charge is 2.11. The largest absolute Gasteiger partial charge is 0.307 e. The Morgan fingerprint density at radius 1 is 1.22 bits per heavy atom. The third-order valence-electron chi connectivity index (χ3n) is 2.04. The third-order valence-corrected chi connectivity index (χ3v) is 3.93. The van der Waals surface area contributed by atoms with Crippen molar-refractivity contribution in [1.29, 1.82) is 0 Å². The Labute approximate surface area is 117 Å². The number of nitrogens with zero attached hydrogens (tertiary/aromatic N) is 4. The zero-order valence-corrected chi connectivity index (χ0v) is 12.2. The fraction of sp³-hybridized carbons (Fsp3) is 0.200. The van der Waals surface area contributed by atoms with E-state index in [1.165, 1.54) is 18.1 Å². The summed E-state index contributed by atoms with van der Waals surface area (Å²) in [6.45, 7) is 3.86. The van der Waals surface area contributed by atoms with Gasteiger partial charge in [-0.15, -0.1) is 0 Å². The second kappa shape index (κ2) is 5.59. The minimum Gasteiger partial charge on any atom is -0.307 e. The fourth-order valence-electron chi connectivity index (χ4n) is 1.35. The number of hydrogen-bond acceptors (Lipinski definition) is 7. The van der Waals surface area contributed by atoms with E-state index in [-0.39, 0.29) is 0 Å². The molecule has 94 valence electrons. The lowest BCUT2D eigenvalue weighted by Gasteiger charge is -2.06. The lowest BCUT2D eigenvalue weighted by molar-refractivity contribution is 0.896. The summed E-state index contributed by atoms with van der Waals surface area (Å²) < 4.78 is 0.695. The first-order chi connectivity index (χ1) is 8.60. The van der Waals surface area contributed by atoms with Crippen molar-refractivity contribution in [3.63, 3.8) is 0 Å². The third kappa shape index (κ3) is 2.95. The number of aromatic nitrogens is 4. The van der Waals surface area contributed by atoms with Gasteiger partial charge in [-0.2, -0.15) is 0 Å². The van der Waals surface area contributed by atoms with Gasteiger partial charge in [0.15, 0.2) is 11.0 Å². The number of rotatable bonds is 3. The van der Waals surface area contributed by atoms with E-state index >= 15 is 0 Å². The van der Waals surface area contributed by atoms with Crippen LogP contribution in [0, 0.1) is 13.8 Å². The molecule has 0 saturated heterocycles. The number of halogens is 1. The molecule has 0 aromatic carbocycles. The van der Waals surface area contributed by atoms with Crippen molar-refractivity contribution in [2.75, 3.05) is 5.43 Å². The molecule has 8 heteroatoms. The molecule has 2 aromatic heterocycles. The summed E-state index contributed by atoms with van der Waals surface area (Å²) in [6.07, 6.45) is 1.44. The van der Waals surface area contributed by atoms with E-state index in [1.54, 1.807) is 0 Å². The number of nitrogen functional groups attached to an aromatic ring is 1. The average molecular weight is 327 g/mol. The van der Waals surface area contributed by atoms with Crippen LogP contribution in [0.4, 0.5) is 5.82 Å². The van der Waals surface area contributed by atoms with Gasteiger partial charge in [0.1, 0.15) is 11.4 Å². The number of nitrogens with two attached hydrogens (primary N) is 1. The number of hydrazine groups is 1. The number of anilines is 1. The van der Waals surface area contributed by atoms with Crippen molar-refractivity contribution < 1.29 is 0 Å². The monoisotopic (exact) mass is 326 g/mol. The molecule has 0 bridgehead atoms. The van der Waals surface area contributed by atoms with E-state index in [9.17, 15) is 0 Å². The molecule has 6 nitrogen and oxygen atoms in total. The molecule has 2 rings (SSSR count). The molecule has 0 aliphatic rings. The van der Waals surface area contributed by atoms with Gasteiger partial charge in [0, 0.05) is 11.4 Å². The topological polar surface area (TPSA) is 89.6 Å². The van der Waals surface area contributed by atoms with Gasteiger partial charge < -0.3 is 5.43 Å². The Bertz CT molecular complexity index is 556. The molecule has 2 heterocycles. The molecule has 3 N–H and O–H groups in total. The highest BCUT2D eigenvalue weighted by atomic mass is 79.9. The molecular weight excluding hydrogens is 316 g/mol. The lowest BCUT2D eigenvalue weighted by atomic mass is 10.4. The fourth-order valence-corrected chi connectivity index (χ4v) is 2.75. The summed E-state index contributed by atoms with van der Waals surface area (Å²) in [5.41, 5.74) is 4.34. The van der Waals surface area contributed by atoms with E-state index in [1.807, 2.05) is 19.9 Å². The van der Waals surface area contributed by atoms with Crippen LogP contribution in [0.2, 0.25) is 0 Å². The SMILES string of the molecule is Cc1cc(C)nc(Sc2ncnc(NN)c2Br)n1. The Balaban J connectivity index is 2.34. The van der Waals surface area contributed by atoms with Crippen molar-refractivity contribution >= 4 is 33.5 Å². The molecule has 0 unspecified atom stereocenters. The molecule has 0 atom stereocenters. The first-order valence-electron chi connectivity index (χ1n) is 5.07. The van der Waals surface area contributed by atoms with Crippen LogP contribution >= 0.6 is 27.7 Å². The van der Waals surface area contributed by atoms with E-state index in [4.69, 9.17) is 5.84 Å². The molecule has 0 amide bonds. The summed E-state index contributed by atoms with van der Waals surface area (Å²) in [6, 6.07) is 1.92. The van der Waals surface area contributed by atoms with Gasteiger partial charge in [-0.1, -0.05) is 0 Å². The maximum absolute atomic E-state index is 5.35. The van der Waals surface area contributed by atoms with Crippen molar-refractivity contribution in [1.82, 2.24) is 19.9 Å². The van der Waals surface area contributed by atoms with E-state index in [0.717, 1.165) is 11.4 Å². The van der Waals surface area contributed by atoms with Crippen LogP contribution in [-0.4, -0.2) is 19.9 Å². The minimum atomic E-state index is 0.525. The zero-order chi connectivity index (χ0) is 13.1. The highest BCUT2D eigenvalue weighted by molar-refractivity contribution is 9.10. The first-order valence-corrected chi connectivity index (χ1v) is 6.68. The molecule has 0 aliphatic carbocycles. The Kier molecular flexibility index (Phi) is 4.10. The maximum atomic E-state index is 5.35. The van der Waals surface area contributed by atoms with E-state index in [2.05, 4.69) is 41.3 Å². The molecule has 0 fully saturated rings. The first kappa shape index (κ1) is 13.2. The molecular formula is C10H11BrN6S. The highest BCUT2D eigenvalue weighted by Crippen LogP contribution is 2.32. The van der Waals surface area contributed by atoms with Crippen LogP contribution in [-0.2, 0) is 0 Å². The Morgan fingerprint density at radius 2 is 1.89 bits per heavy atom. The predicted molar refractivity (Wildman–Crippen MR) is 73.2 cm³/mol. The lowest BCUT2D eigenvalue weighted by Crippen LogP contribution is -2.09. The number of nitrogens with one attached hydrogen (secondary N) is 1. The quantitative estimate of drug-likeness (QED) is 0.386. The van der Waals surface area contributed by atoms with Crippen molar-refractivity contribution in [2.45, 2.75) is 24.0 Å². The summed E-state index contributed by atoms with van der Waals surface area (Å²) in [5.74, 6) is 5.88. The summed E-state index contributed by atoms with van der Waals surface area (Å²) in [5, 5.41) is 1.36. The van der Waals surface area contributed by atoms with Crippen molar-refractivity contribution in [3.8, 4) is 0 Å². The Hall–Kier alpha value is -1.25. The van der Waals surface area contributed by atoms with E-state index < -0.39 is 0 Å². The van der Waals surface area contributed by atoms with Crippen LogP contribution in [0.3, 0.4) is 0 Å². The molecule has 0 spiro atoms. The maximum Gasteiger partial charge on any atom is 0.194 e. The summed E-state index contributed by atoms with van der Waals surface area (Å²) in [4.78, 5) is 16.8. The van der Waals surface area contributed by atoms with Gasteiger partial charge in [-0.25, -0.2) is 25.8 Å². The molecule has 18 heavy (non-hydrogen) atoms. The molecule has 0 aliphatic heterocycles. The average Bonchev–Trinajstić information content (AvgIpc) is 2.30. The number of aryl methyl sites for hydroxylation is 2. The van der Waals surface area contributed by atoms with E-state index in [0.29, 0.717) is 20.5 Å². The standard InChI is InChI=1S/C10H11BrN6S/c1-5-3-6(2)16-10(15-5)18-9-7(11)8(17-12)13-4-14-9/h3-4H,12H2,1-2H3,(H,13,14,17). The van der Waals surface area contributed by atoms with Crippen molar-refractivity contribution in [2.24, 2.45) is 5.84 Å². The van der Waals surface area contributed by atoms with Gasteiger partial charge in [0.25, 0.3) is 0 Å². The smallest absolute Gasteiger partial charge is 0.194 e. The van der Waals surface area contributed by atoms with Crippen LogP contribution in [0.5, 0.6) is 0 Å². The molecule has 2 aromatic rings. The predicted octanol–water partition coefficient (Wildman–Crippen LogP) is 2.08. The summed E-state index contributed by atoms with van der Waals surface area (Å²) >= 11 is 4.75. The minimum absolute atomic E-state index is 0.525. The second-order valence-electron chi connectivity index (χ2n) is 3.52. The van der Waals surface area contributed by atoms with Crippen LogP contribution in [0.25, 0.3) is 0 Å². The van der Waals surface area contributed by atoms with Gasteiger partial charge >= 0.3 is 0 Å². The Morgan fingerprint density at radius 3 is 2.50 bits per heavy atom. The molecule has 0 saturated carbocycles.